The van der Waals surface area contributed by atoms with E-state index < -0.39 is 5.60 Å². The molecule has 0 bridgehead atoms. The van der Waals surface area contributed by atoms with Crippen molar-refractivity contribution in [2.75, 3.05) is 13.1 Å². The Balaban J connectivity index is 1.65. The van der Waals surface area contributed by atoms with Crippen LogP contribution >= 0.6 is 11.6 Å². The summed E-state index contributed by atoms with van der Waals surface area (Å²) >= 11 is 6.49. The van der Waals surface area contributed by atoms with Crippen LogP contribution in [0.4, 0.5) is 4.79 Å². The summed E-state index contributed by atoms with van der Waals surface area (Å²) in [7, 11) is 1.79. The van der Waals surface area contributed by atoms with E-state index in [1.54, 1.807) is 11.7 Å². The van der Waals surface area contributed by atoms with E-state index in [9.17, 15) is 9.59 Å². The minimum absolute atomic E-state index is 0.0323. The smallest absolute Gasteiger partial charge is 0.410 e. The number of nitrogens with zero attached hydrogens (tertiary/aromatic N) is 4. The third kappa shape index (κ3) is 4.49. The highest BCUT2D eigenvalue weighted by molar-refractivity contribution is 6.30. The molecule has 172 valence electrons. The van der Waals surface area contributed by atoms with Crippen LogP contribution < -0.4 is 0 Å². The van der Waals surface area contributed by atoms with Gasteiger partial charge in [-0.3, -0.25) is 9.48 Å². The zero-order valence-corrected chi connectivity index (χ0v) is 20.2. The van der Waals surface area contributed by atoms with Gasteiger partial charge in [-0.25, -0.2) is 4.79 Å². The van der Waals surface area contributed by atoms with Crippen molar-refractivity contribution in [2.24, 2.45) is 7.05 Å². The summed E-state index contributed by atoms with van der Waals surface area (Å²) < 4.78 is 7.30. The number of hydrogen-bond donors (Lipinski definition) is 0. The first-order valence-corrected chi connectivity index (χ1v) is 11.5. The van der Waals surface area contributed by atoms with Gasteiger partial charge in [0.1, 0.15) is 11.3 Å². The first-order valence-electron chi connectivity index (χ1n) is 11.1. The lowest BCUT2D eigenvalue weighted by Crippen LogP contribution is -2.39. The minimum Gasteiger partial charge on any atom is -0.444 e. The monoisotopic (exact) mass is 458 g/mol. The molecule has 3 heterocycles. The number of fused-ring (bicyclic) bond motifs is 1. The SMILES string of the molecule is Cc1cc(C(=O)N2CCc3cc(Cl)cc(C4CCCN4C(=O)OC(C)(C)C)c3C2)n(C)n1. The molecule has 1 atom stereocenters. The van der Waals surface area contributed by atoms with Crippen molar-refractivity contribution in [3.63, 3.8) is 0 Å². The third-order valence-corrected chi connectivity index (χ3v) is 6.31. The molecule has 4 rings (SSSR count). The molecule has 2 aliphatic heterocycles. The number of likely N-dealkylation sites (tertiary alicyclic amines) is 1. The van der Waals surface area contributed by atoms with E-state index in [1.807, 2.05) is 55.7 Å². The van der Waals surface area contributed by atoms with Crippen molar-refractivity contribution < 1.29 is 14.3 Å². The Morgan fingerprint density at radius 1 is 1.19 bits per heavy atom. The third-order valence-electron chi connectivity index (χ3n) is 6.09. The molecule has 0 radical (unpaired) electrons. The van der Waals surface area contributed by atoms with Gasteiger partial charge in [-0.2, -0.15) is 5.10 Å². The summed E-state index contributed by atoms with van der Waals surface area (Å²) in [4.78, 5) is 29.8. The second-order valence-corrected chi connectivity index (χ2v) is 10.2. The average molecular weight is 459 g/mol. The quantitative estimate of drug-likeness (QED) is 0.656. The van der Waals surface area contributed by atoms with Crippen LogP contribution in [0.25, 0.3) is 0 Å². The first-order chi connectivity index (χ1) is 15.0. The predicted octanol–water partition coefficient (Wildman–Crippen LogP) is 4.65. The molecule has 0 spiro atoms. The van der Waals surface area contributed by atoms with Crippen molar-refractivity contribution in [3.05, 3.63) is 51.3 Å². The predicted molar refractivity (Wildman–Crippen MR) is 123 cm³/mol. The van der Waals surface area contributed by atoms with E-state index in [4.69, 9.17) is 16.3 Å². The molecule has 2 aliphatic rings. The van der Waals surface area contributed by atoms with Gasteiger partial charge in [0.25, 0.3) is 5.91 Å². The maximum Gasteiger partial charge on any atom is 0.410 e. The number of halogens is 1. The number of carbonyl (C=O) groups is 2. The maximum atomic E-state index is 13.2. The van der Waals surface area contributed by atoms with Gasteiger partial charge in [0.05, 0.1) is 11.7 Å². The number of ether oxygens (including phenoxy) is 1. The number of aryl methyl sites for hydroxylation is 2. The number of carbonyl (C=O) groups excluding carboxylic acids is 2. The van der Waals surface area contributed by atoms with E-state index in [1.165, 1.54) is 0 Å². The Morgan fingerprint density at radius 2 is 1.94 bits per heavy atom. The van der Waals surface area contributed by atoms with Crippen molar-refractivity contribution in [1.82, 2.24) is 19.6 Å². The number of benzene rings is 1. The average Bonchev–Trinajstić information content (AvgIpc) is 3.31. The summed E-state index contributed by atoms with van der Waals surface area (Å²) in [5, 5.41) is 4.98. The molecule has 1 fully saturated rings. The van der Waals surface area contributed by atoms with Crippen LogP contribution in [-0.2, 0) is 24.8 Å². The minimum atomic E-state index is -0.553. The van der Waals surface area contributed by atoms with Gasteiger partial charge in [-0.05, 0) is 81.8 Å². The van der Waals surface area contributed by atoms with E-state index in [2.05, 4.69) is 5.10 Å². The van der Waals surface area contributed by atoms with E-state index in [-0.39, 0.29) is 18.0 Å². The van der Waals surface area contributed by atoms with Gasteiger partial charge in [0.2, 0.25) is 0 Å². The summed E-state index contributed by atoms with van der Waals surface area (Å²) in [6, 6.07) is 5.66. The number of hydrogen-bond acceptors (Lipinski definition) is 4. The van der Waals surface area contributed by atoms with Gasteiger partial charge < -0.3 is 14.5 Å². The molecule has 1 aromatic carbocycles. The normalized spacial score (nSPS) is 18.6. The molecule has 8 heteroatoms. The lowest BCUT2D eigenvalue weighted by atomic mass is 9.90. The van der Waals surface area contributed by atoms with Crippen LogP contribution in [-0.4, -0.2) is 50.3 Å². The van der Waals surface area contributed by atoms with Crippen LogP contribution in [0.3, 0.4) is 0 Å². The van der Waals surface area contributed by atoms with E-state index >= 15 is 0 Å². The zero-order valence-electron chi connectivity index (χ0n) is 19.4. The molecule has 7 nitrogen and oxygen atoms in total. The van der Waals surface area contributed by atoms with Gasteiger partial charge in [-0.1, -0.05) is 11.6 Å². The first kappa shape index (κ1) is 22.6. The standard InChI is InChI=1S/C24H31ClN4O3/c1-15-11-21(27(5)26-15)22(30)28-10-8-16-12-17(25)13-18(19(16)14-28)20-7-6-9-29(20)23(31)32-24(2,3)4/h11-13,20H,6-10,14H2,1-5H3. The number of amides is 2. The molecular weight excluding hydrogens is 428 g/mol. The molecule has 1 aromatic heterocycles. The molecule has 1 unspecified atom stereocenters. The number of rotatable bonds is 2. The van der Waals surface area contributed by atoms with Crippen LogP contribution in [0.15, 0.2) is 18.2 Å². The highest BCUT2D eigenvalue weighted by Gasteiger charge is 2.36. The Labute approximate surface area is 194 Å². The number of aromatic nitrogens is 2. The Hall–Kier alpha value is -2.54. The van der Waals surface area contributed by atoms with Crippen molar-refractivity contribution in [2.45, 2.75) is 65.1 Å². The second kappa shape index (κ2) is 8.43. The van der Waals surface area contributed by atoms with Gasteiger partial charge >= 0.3 is 6.09 Å². The lowest BCUT2D eigenvalue weighted by Gasteiger charge is -2.34. The van der Waals surface area contributed by atoms with Crippen LogP contribution in [0.2, 0.25) is 5.02 Å². The van der Waals surface area contributed by atoms with Crippen molar-refractivity contribution in [3.8, 4) is 0 Å². The van der Waals surface area contributed by atoms with Crippen molar-refractivity contribution >= 4 is 23.6 Å². The molecule has 2 amide bonds. The highest BCUT2D eigenvalue weighted by Crippen LogP contribution is 2.39. The highest BCUT2D eigenvalue weighted by atomic mass is 35.5. The summed E-state index contributed by atoms with van der Waals surface area (Å²) in [6.45, 7) is 9.27. The molecule has 0 N–H and O–H groups in total. The van der Waals surface area contributed by atoms with Crippen LogP contribution in [0.1, 0.15) is 72.5 Å². The lowest BCUT2D eigenvalue weighted by molar-refractivity contribution is 0.0222. The fourth-order valence-electron chi connectivity index (χ4n) is 4.73. The summed E-state index contributed by atoms with van der Waals surface area (Å²) in [6.07, 6.45) is 2.18. The summed E-state index contributed by atoms with van der Waals surface area (Å²) in [5.41, 5.74) is 4.11. The molecule has 1 saturated heterocycles. The Morgan fingerprint density at radius 3 is 2.59 bits per heavy atom. The maximum absolute atomic E-state index is 13.2. The van der Waals surface area contributed by atoms with Crippen LogP contribution in [0, 0.1) is 6.92 Å². The summed E-state index contributed by atoms with van der Waals surface area (Å²) in [5.74, 6) is -0.0323. The molecule has 0 saturated carbocycles. The topological polar surface area (TPSA) is 67.7 Å². The fraction of sp³-hybridized carbons (Fsp3) is 0.542. The van der Waals surface area contributed by atoms with Gasteiger partial charge in [-0.15, -0.1) is 0 Å². The molecule has 0 aliphatic carbocycles. The zero-order chi connectivity index (χ0) is 23.2. The van der Waals surface area contributed by atoms with Gasteiger partial charge in [0, 0.05) is 31.7 Å². The molecule has 2 aromatic rings. The van der Waals surface area contributed by atoms with Crippen molar-refractivity contribution in [1.29, 1.82) is 0 Å². The Kier molecular flexibility index (Phi) is 5.96. The van der Waals surface area contributed by atoms with E-state index in [0.717, 1.165) is 41.6 Å². The fourth-order valence-corrected chi connectivity index (χ4v) is 4.98. The van der Waals surface area contributed by atoms with Gasteiger partial charge in [0.15, 0.2) is 0 Å². The Bertz CT molecular complexity index is 1060. The molecule has 32 heavy (non-hydrogen) atoms. The second-order valence-electron chi connectivity index (χ2n) is 9.74. The van der Waals surface area contributed by atoms with E-state index in [0.29, 0.717) is 30.4 Å². The largest absolute Gasteiger partial charge is 0.444 e. The van der Waals surface area contributed by atoms with Crippen LogP contribution in [0.5, 0.6) is 0 Å². The molecular formula is C24H31ClN4O3.